The van der Waals surface area contributed by atoms with Crippen molar-refractivity contribution in [2.45, 2.75) is 43.9 Å². The fraction of sp³-hybridized carbons (Fsp3) is 0.474. The van der Waals surface area contributed by atoms with Gasteiger partial charge in [-0.2, -0.15) is 0 Å². The second-order valence-electron chi connectivity index (χ2n) is 6.96. The van der Waals surface area contributed by atoms with Gasteiger partial charge < -0.3 is 4.90 Å². The van der Waals surface area contributed by atoms with Gasteiger partial charge in [0.25, 0.3) is 0 Å². The van der Waals surface area contributed by atoms with E-state index in [4.69, 9.17) is 0 Å². The third-order valence-corrected chi connectivity index (χ3v) is 7.68. The van der Waals surface area contributed by atoms with Gasteiger partial charge in [0.1, 0.15) is 5.82 Å². The summed E-state index contributed by atoms with van der Waals surface area (Å²) in [5.74, 6) is -0.132. The second kappa shape index (κ2) is 8.65. The quantitative estimate of drug-likeness (QED) is 0.638. The fourth-order valence-electron chi connectivity index (χ4n) is 3.42. The summed E-state index contributed by atoms with van der Waals surface area (Å²) in [5, 5.41) is 0.585. The SMILES string of the molecule is CCC(C)N(C(=O)CSc1nccn1-c1cccc(F)c1)C1CCS(=O)(=O)C1. The van der Waals surface area contributed by atoms with Gasteiger partial charge in [0.05, 0.1) is 22.9 Å². The zero-order valence-corrected chi connectivity index (χ0v) is 17.5. The molecule has 2 aromatic rings. The van der Waals surface area contributed by atoms with Gasteiger partial charge in [-0.25, -0.2) is 17.8 Å². The minimum atomic E-state index is -3.07. The van der Waals surface area contributed by atoms with Crippen LogP contribution in [-0.2, 0) is 14.6 Å². The largest absolute Gasteiger partial charge is 0.335 e. The first-order chi connectivity index (χ1) is 13.3. The summed E-state index contributed by atoms with van der Waals surface area (Å²) in [5.41, 5.74) is 0.633. The molecule has 0 saturated carbocycles. The van der Waals surface area contributed by atoms with Gasteiger partial charge >= 0.3 is 0 Å². The van der Waals surface area contributed by atoms with Crippen molar-refractivity contribution in [2.24, 2.45) is 0 Å². The molecule has 152 valence electrons. The molecule has 3 rings (SSSR count). The molecular formula is C19H24FN3O3S2. The van der Waals surface area contributed by atoms with E-state index in [2.05, 4.69) is 4.98 Å². The van der Waals surface area contributed by atoms with Gasteiger partial charge in [-0.3, -0.25) is 9.36 Å². The van der Waals surface area contributed by atoms with E-state index >= 15 is 0 Å². The number of amides is 1. The van der Waals surface area contributed by atoms with E-state index in [1.807, 2.05) is 13.8 Å². The molecule has 0 bridgehead atoms. The molecule has 1 amide bonds. The van der Waals surface area contributed by atoms with Crippen LogP contribution >= 0.6 is 11.8 Å². The van der Waals surface area contributed by atoms with Gasteiger partial charge in [0, 0.05) is 24.5 Å². The predicted molar refractivity (Wildman–Crippen MR) is 108 cm³/mol. The molecule has 2 atom stereocenters. The second-order valence-corrected chi connectivity index (χ2v) is 10.1. The molecule has 0 radical (unpaired) electrons. The lowest BCUT2D eigenvalue weighted by molar-refractivity contribution is -0.132. The molecule has 28 heavy (non-hydrogen) atoms. The van der Waals surface area contributed by atoms with E-state index in [0.717, 1.165) is 6.42 Å². The number of rotatable bonds is 7. The Labute approximate surface area is 169 Å². The Kier molecular flexibility index (Phi) is 6.44. The number of carbonyl (C=O) groups is 1. The highest BCUT2D eigenvalue weighted by molar-refractivity contribution is 7.99. The lowest BCUT2D eigenvalue weighted by Crippen LogP contribution is -2.47. The highest BCUT2D eigenvalue weighted by Crippen LogP contribution is 2.25. The van der Waals surface area contributed by atoms with Crippen LogP contribution in [0.2, 0.25) is 0 Å². The molecule has 1 fully saturated rings. The van der Waals surface area contributed by atoms with Crippen LogP contribution in [0, 0.1) is 5.82 Å². The van der Waals surface area contributed by atoms with Crippen LogP contribution in [0.15, 0.2) is 41.8 Å². The van der Waals surface area contributed by atoms with Crippen molar-refractivity contribution in [3.63, 3.8) is 0 Å². The van der Waals surface area contributed by atoms with Crippen LogP contribution in [0.5, 0.6) is 0 Å². The van der Waals surface area contributed by atoms with Crippen LogP contribution < -0.4 is 0 Å². The number of nitrogens with zero attached hydrogens (tertiary/aromatic N) is 3. The monoisotopic (exact) mass is 425 g/mol. The molecule has 1 saturated heterocycles. The first-order valence-electron chi connectivity index (χ1n) is 9.24. The van der Waals surface area contributed by atoms with Crippen molar-refractivity contribution in [3.8, 4) is 5.69 Å². The lowest BCUT2D eigenvalue weighted by Gasteiger charge is -2.33. The van der Waals surface area contributed by atoms with Crippen LogP contribution in [0.1, 0.15) is 26.7 Å². The Morgan fingerprint density at radius 1 is 1.46 bits per heavy atom. The number of hydrogen-bond acceptors (Lipinski definition) is 5. The molecule has 6 nitrogen and oxygen atoms in total. The normalized spacial score (nSPS) is 19.5. The standard InChI is InChI=1S/C19H24FN3O3S2/c1-3-14(2)23(17-7-10-28(25,26)13-17)18(24)12-27-19-21-8-9-22(19)16-6-4-5-15(20)11-16/h4-6,8-9,11,14,17H,3,7,10,12-13H2,1-2H3. The highest BCUT2D eigenvalue weighted by Gasteiger charge is 2.36. The van der Waals surface area contributed by atoms with E-state index in [9.17, 15) is 17.6 Å². The summed E-state index contributed by atoms with van der Waals surface area (Å²) >= 11 is 1.27. The first kappa shape index (κ1) is 20.9. The molecule has 1 aliphatic rings. The topological polar surface area (TPSA) is 72.3 Å². The van der Waals surface area contributed by atoms with Crippen LogP contribution in [-0.4, -0.2) is 58.1 Å². The minimum absolute atomic E-state index is 0.0330. The summed E-state index contributed by atoms with van der Waals surface area (Å²) in [6.45, 7) is 3.93. The summed E-state index contributed by atoms with van der Waals surface area (Å²) in [6, 6.07) is 5.87. The molecule has 0 N–H and O–H groups in total. The Morgan fingerprint density at radius 3 is 2.89 bits per heavy atom. The molecule has 2 heterocycles. The zero-order valence-electron chi connectivity index (χ0n) is 15.9. The van der Waals surface area contributed by atoms with E-state index < -0.39 is 9.84 Å². The van der Waals surface area contributed by atoms with Gasteiger partial charge in [-0.1, -0.05) is 24.8 Å². The van der Waals surface area contributed by atoms with Crippen molar-refractivity contribution < 1.29 is 17.6 Å². The molecule has 0 spiro atoms. The Hall–Kier alpha value is -1.87. The number of benzene rings is 1. The van der Waals surface area contributed by atoms with E-state index in [1.165, 1.54) is 23.9 Å². The molecule has 2 unspecified atom stereocenters. The summed E-state index contributed by atoms with van der Waals surface area (Å²) < 4.78 is 39.0. The Morgan fingerprint density at radius 2 is 2.25 bits per heavy atom. The average molecular weight is 426 g/mol. The number of halogens is 1. The maximum atomic E-state index is 13.5. The van der Waals surface area contributed by atoms with Gasteiger partial charge in [0.15, 0.2) is 15.0 Å². The zero-order chi connectivity index (χ0) is 20.3. The molecule has 1 aromatic carbocycles. The number of thioether (sulfide) groups is 1. The van der Waals surface area contributed by atoms with Crippen molar-refractivity contribution in [3.05, 3.63) is 42.5 Å². The van der Waals surface area contributed by atoms with Gasteiger partial charge in [0.2, 0.25) is 5.91 Å². The molecule has 1 aliphatic heterocycles. The third kappa shape index (κ3) is 4.75. The highest BCUT2D eigenvalue weighted by atomic mass is 32.2. The van der Waals surface area contributed by atoms with Crippen molar-refractivity contribution in [1.82, 2.24) is 14.5 Å². The van der Waals surface area contributed by atoms with Crippen LogP contribution in [0.25, 0.3) is 5.69 Å². The smallest absolute Gasteiger partial charge is 0.233 e. The minimum Gasteiger partial charge on any atom is -0.335 e. The summed E-state index contributed by atoms with van der Waals surface area (Å²) in [4.78, 5) is 19.0. The van der Waals surface area contributed by atoms with E-state index in [-0.39, 0.29) is 41.1 Å². The summed E-state index contributed by atoms with van der Waals surface area (Å²) in [7, 11) is -3.07. The maximum Gasteiger partial charge on any atom is 0.233 e. The first-order valence-corrected chi connectivity index (χ1v) is 12.0. The molecular weight excluding hydrogens is 401 g/mol. The van der Waals surface area contributed by atoms with E-state index in [0.29, 0.717) is 17.3 Å². The Balaban J connectivity index is 1.73. The fourth-order valence-corrected chi connectivity index (χ4v) is 5.97. The molecule has 0 aliphatic carbocycles. The number of carbonyl (C=O) groups excluding carboxylic acids is 1. The summed E-state index contributed by atoms with van der Waals surface area (Å²) in [6.07, 6.45) is 4.57. The number of aromatic nitrogens is 2. The number of imidazole rings is 1. The van der Waals surface area contributed by atoms with Gasteiger partial charge in [-0.15, -0.1) is 0 Å². The van der Waals surface area contributed by atoms with Crippen LogP contribution in [0.4, 0.5) is 4.39 Å². The van der Waals surface area contributed by atoms with Crippen LogP contribution in [0.3, 0.4) is 0 Å². The third-order valence-electron chi connectivity index (χ3n) is 4.97. The van der Waals surface area contributed by atoms with Crippen molar-refractivity contribution >= 4 is 27.5 Å². The molecule has 1 aromatic heterocycles. The van der Waals surface area contributed by atoms with Crippen molar-refractivity contribution in [1.29, 1.82) is 0 Å². The Bertz CT molecular complexity index is 945. The van der Waals surface area contributed by atoms with Gasteiger partial charge in [-0.05, 0) is 38.0 Å². The number of hydrogen-bond donors (Lipinski definition) is 0. The number of sulfone groups is 1. The molecule has 9 heteroatoms. The van der Waals surface area contributed by atoms with Crippen molar-refractivity contribution in [2.75, 3.05) is 17.3 Å². The average Bonchev–Trinajstić information content (AvgIpc) is 3.26. The predicted octanol–water partition coefficient (Wildman–Crippen LogP) is 2.92. The lowest BCUT2D eigenvalue weighted by atomic mass is 10.1. The maximum absolute atomic E-state index is 13.5. The van der Waals surface area contributed by atoms with E-state index in [1.54, 1.807) is 34.0 Å².